The van der Waals surface area contributed by atoms with Gasteiger partial charge < -0.3 is 11.1 Å². The molecule has 0 heterocycles. The third kappa shape index (κ3) is 3.10. The van der Waals surface area contributed by atoms with Crippen molar-refractivity contribution < 1.29 is 32.7 Å². The fraction of sp³-hybridized carbons (Fsp3) is 1.00. The molecule has 1 aliphatic rings. The summed E-state index contributed by atoms with van der Waals surface area (Å²) in [4.78, 5) is 0. The molecule has 0 aromatic heterocycles. The average molecular weight is 229 g/mol. The Morgan fingerprint density at radius 2 is 2.09 bits per heavy atom. The molecule has 0 atom stereocenters. The fourth-order valence-electron chi connectivity index (χ4n) is 1.64. The summed E-state index contributed by atoms with van der Waals surface area (Å²) in [7, 11) is 0. The topological polar surface area (TPSA) is 37.9 Å². The Morgan fingerprint density at radius 1 is 1.45 bits per heavy atom. The van der Waals surface area contributed by atoms with Crippen molar-refractivity contribution in [1.29, 1.82) is 0 Å². The standard InChI is InChI=1S/C8H16N2.Y/c1-2-10-8(6-7-9)4-3-5-8;/h9H,2-7H2,1H3;/q-2;. The van der Waals surface area contributed by atoms with Gasteiger partial charge in [-0.25, -0.2) is 0 Å². The van der Waals surface area contributed by atoms with Crippen LogP contribution in [0.1, 0.15) is 32.6 Å². The second kappa shape index (κ2) is 5.63. The molecule has 1 saturated carbocycles. The summed E-state index contributed by atoms with van der Waals surface area (Å²) in [6.07, 6.45) is 4.78. The summed E-state index contributed by atoms with van der Waals surface area (Å²) in [6.45, 7) is 3.56. The molecule has 0 amide bonds. The van der Waals surface area contributed by atoms with Crippen molar-refractivity contribution in [2.75, 3.05) is 13.1 Å². The van der Waals surface area contributed by atoms with E-state index in [0.717, 1.165) is 13.0 Å². The van der Waals surface area contributed by atoms with Crippen LogP contribution in [0.25, 0.3) is 11.1 Å². The minimum atomic E-state index is 0. The van der Waals surface area contributed by atoms with E-state index in [4.69, 9.17) is 5.73 Å². The zero-order chi connectivity index (χ0) is 7.45. The van der Waals surface area contributed by atoms with Gasteiger partial charge >= 0.3 is 0 Å². The van der Waals surface area contributed by atoms with Crippen molar-refractivity contribution >= 4 is 0 Å². The van der Waals surface area contributed by atoms with E-state index in [-0.39, 0.29) is 38.2 Å². The van der Waals surface area contributed by atoms with Gasteiger partial charge in [-0.2, -0.15) is 13.1 Å². The number of nitrogens with zero attached hydrogens (tertiary/aromatic N) is 1. The molecule has 1 fully saturated rings. The van der Waals surface area contributed by atoms with Gasteiger partial charge in [0.05, 0.1) is 0 Å². The minimum Gasteiger partial charge on any atom is -0.677 e. The Hall–Kier alpha value is 1.02. The summed E-state index contributed by atoms with van der Waals surface area (Å²) in [5.41, 5.74) is 7.37. The van der Waals surface area contributed by atoms with Crippen LogP contribution in [0.15, 0.2) is 0 Å². The van der Waals surface area contributed by atoms with E-state index in [9.17, 15) is 0 Å². The predicted molar refractivity (Wildman–Crippen MR) is 44.3 cm³/mol. The number of hydrogen-bond donors (Lipinski definition) is 0. The Kier molecular flexibility index (Phi) is 6.16. The van der Waals surface area contributed by atoms with Crippen LogP contribution in [-0.2, 0) is 32.7 Å². The van der Waals surface area contributed by atoms with Gasteiger partial charge in [0.25, 0.3) is 0 Å². The third-order valence-electron chi connectivity index (χ3n) is 2.37. The maximum Gasteiger partial charge on any atom is 0 e. The van der Waals surface area contributed by atoms with Crippen molar-refractivity contribution in [3.05, 3.63) is 11.1 Å². The van der Waals surface area contributed by atoms with Gasteiger partial charge in [-0.05, 0) is 0 Å². The van der Waals surface area contributed by atoms with Crippen LogP contribution in [0.5, 0.6) is 0 Å². The average Bonchev–Trinajstić information content (AvgIpc) is 1.84. The molecule has 0 saturated heterocycles. The van der Waals surface area contributed by atoms with Gasteiger partial charge in [0.1, 0.15) is 0 Å². The van der Waals surface area contributed by atoms with Crippen LogP contribution in [0.2, 0.25) is 0 Å². The van der Waals surface area contributed by atoms with Gasteiger partial charge in [-0.1, -0.05) is 32.6 Å². The monoisotopic (exact) mass is 229 g/mol. The molecule has 0 aromatic rings. The van der Waals surface area contributed by atoms with Crippen LogP contribution >= 0.6 is 0 Å². The Morgan fingerprint density at radius 3 is 2.36 bits per heavy atom. The molecule has 1 aliphatic carbocycles. The molecule has 0 unspecified atom stereocenters. The zero-order valence-electron chi connectivity index (χ0n) is 7.27. The quantitative estimate of drug-likeness (QED) is 0.710. The molecule has 0 bridgehead atoms. The van der Waals surface area contributed by atoms with E-state index in [0.29, 0.717) is 6.54 Å². The largest absolute Gasteiger partial charge is 0.677 e. The molecule has 0 aromatic carbocycles. The van der Waals surface area contributed by atoms with Gasteiger partial charge in [-0.3, -0.25) is 0 Å². The van der Waals surface area contributed by atoms with E-state index >= 15 is 0 Å². The van der Waals surface area contributed by atoms with E-state index < -0.39 is 0 Å². The van der Waals surface area contributed by atoms with Crippen molar-refractivity contribution in [3.63, 3.8) is 0 Å². The summed E-state index contributed by atoms with van der Waals surface area (Å²) < 4.78 is 0. The summed E-state index contributed by atoms with van der Waals surface area (Å²) in [6, 6.07) is 0. The van der Waals surface area contributed by atoms with E-state index in [1.165, 1.54) is 19.3 Å². The van der Waals surface area contributed by atoms with Crippen LogP contribution in [-0.4, -0.2) is 18.6 Å². The maximum atomic E-state index is 7.11. The molecule has 1 N–H and O–H groups in total. The van der Waals surface area contributed by atoms with Gasteiger partial charge in [-0.15, -0.1) is 5.54 Å². The van der Waals surface area contributed by atoms with E-state index in [2.05, 4.69) is 12.2 Å². The van der Waals surface area contributed by atoms with Crippen molar-refractivity contribution in [1.82, 2.24) is 0 Å². The summed E-state index contributed by atoms with van der Waals surface area (Å²) in [5.74, 6) is 0. The Bertz CT molecular complexity index is 94.3. The smallest absolute Gasteiger partial charge is 0 e. The SMILES string of the molecule is CC[N-]C1(CC[NH-])CCC1.[Y]. The predicted octanol–water partition coefficient (Wildman–Crippen LogP) is 2.74. The van der Waals surface area contributed by atoms with Crippen LogP contribution in [0, 0.1) is 0 Å². The van der Waals surface area contributed by atoms with Crippen LogP contribution in [0.3, 0.4) is 0 Å². The summed E-state index contributed by atoms with van der Waals surface area (Å²) >= 11 is 0. The Labute approximate surface area is 94.6 Å². The van der Waals surface area contributed by atoms with Gasteiger partial charge in [0.2, 0.25) is 0 Å². The number of nitrogens with one attached hydrogen (secondary N) is 1. The van der Waals surface area contributed by atoms with E-state index in [1.807, 2.05) is 0 Å². The molecule has 11 heavy (non-hydrogen) atoms. The zero-order valence-corrected chi connectivity index (χ0v) is 10.1. The summed E-state index contributed by atoms with van der Waals surface area (Å²) in [5, 5.41) is 4.53. The van der Waals surface area contributed by atoms with E-state index in [1.54, 1.807) is 0 Å². The Balaban J connectivity index is 0.000001000. The third-order valence-corrected chi connectivity index (χ3v) is 2.37. The second-order valence-electron chi connectivity index (χ2n) is 3.05. The molecule has 1 radical (unpaired) electrons. The van der Waals surface area contributed by atoms with Crippen LogP contribution in [0.4, 0.5) is 0 Å². The molecule has 2 nitrogen and oxygen atoms in total. The number of rotatable bonds is 4. The minimum absolute atomic E-state index is 0. The first-order valence-electron chi connectivity index (χ1n) is 4.16. The maximum absolute atomic E-state index is 7.11. The van der Waals surface area contributed by atoms with Crippen LogP contribution < -0.4 is 0 Å². The van der Waals surface area contributed by atoms with Crippen molar-refractivity contribution in [2.24, 2.45) is 0 Å². The molecule has 0 spiro atoms. The molecular weight excluding hydrogens is 213 g/mol. The molecule has 0 aliphatic heterocycles. The first-order valence-corrected chi connectivity index (χ1v) is 4.16. The molecular formula is C8H16N2Y-2. The molecule has 3 heteroatoms. The van der Waals surface area contributed by atoms with Crippen molar-refractivity contribution in [2.45, 2.75) is 38.1 Å². The normalized spacial score (nSPS) is 20.2. The number of hydrogen-bond acceptors (Lipinski definition) is 0. The first kappa shape index (κ1) is 12.0. The molecule has 63 valence electrons. The van der Waals surface area contributed by atoms with Gasteiger partial charge in [0, 0.05) is 32.7 Å². The molecule has 1 rings (SSSR count). The van der Waals surface area contributed by atoms with Crippen molar-refractivity contribution in [3.8, 4) is 0 Å². The van der Waals surface area contributed by atoms with Gasteiger partial charge in [0.15, 0.2) is 0 Å². The second-order valence-corrected chi connectivity index (χ2v) is 3.05. The fourth-order valence-corrected chi connectivity index (χ4v) is 1.64. The first-order chi connectivity index (χ1) is 4.83.